The zero-order valence-corrected chi connectivity index (χ0v) is 8.17. The number of H-pyrrole nitrogens is 1. The van der Waals surface area contributed by atoms with E-state index in [0.717, 1.165) is 17.1 Å². The van der Waals surface area contributed by atoms with Gasteiger partial charge in [-0.2, -0.15) is 5.10 Å². The highest BCUT2D eigenvalue weighted by Gasteiger charge is 2.05. The molecule has 0 fully saturated rings. The molecule has 0 unspecified atom stereocenters. The molecule has 0 atom stereocenters. The van der Waals surface area contributed by atoms with Crippen LogP contribution >= 0.6 is 12.2 Å². The van der Waals surface area contributed by atoms with Crippen LogP contribution in [0.4, 0.5) is 5.69 Å². The van der Waals surface area contributed by atoms with E-state index in [9.17, 15) is 0 Å². The van der Waals surface area contributed by atoms with Gasteiger partial charge >= 0.3 is 0 Å². The number of anilines is 1. The van der Waals surface area contributed by atoms with E-state index in [4.69, 9.17) is 12.2 Å². The minimum atomic E-state index is 0.600. The number of nitrogens with one attached hydrogen (secondary N) is 3. The first kappa shape index (κ1) is 8.99. The van der Waals surface area contributed by atoms with Crippen molar-refractivity contribution in [1.29, 1.82) is 0 Å². The zero-order valence-electron chi connectivity index (χ0n) is 7.36. The highest BCUT2D eigenvalue weighted by atomic mass is 32.1. The first-order chi connectivity index (χ1) is 5.65. The Labute approximate surface area is 76.7 Å². The van der Waals surface area contributed by atoms with Crippen LogP contribution in [0.1, 0.15) is 11.4 Å². The summed E-state index contributed by atoms with van der Waals surface area (Å²) in [6.45, 7) is 3.87. The topological polar surface area (TPSA) is 52.7 Å². The number of hydrogen-bond acceptors (Lipinski definition) is 2. The third kappa shape index (κ3) is 1.73. The quantitative estimate of drug-likeness (QED) is 0.569. The Balaban J connectivity index is 2.80. The summed E-state index contributed by atoms with van der Waals surface area (Å²) in [4.78, 5) is 0. The highest BCUT2D eigenvalue weighted by molar-refractivity contribution is 7.80. The molecule has 0 amide bonds. The molecule has 0 saturated heterocycles. The molecular weight excluding hydrogens is 172 g/mol. The van der Waals surface area contributed by atoms with Gasteiger partial charge in [-0.15, -0.1) is 0 Å². The maximum Gasteiger partial charge on any atom is 0.170 e. The summed E-state index contributed by atoms with van der Waals surface area (Å²) in [7, 11) is 1.78. The zero-order chi connectivity index (χ0) is 9.14. The molecule has 1 aromatic rings. The average molecular weight is 184 g/mol. The molecule has 0 saturated carbocycles. The number of aromatic amines is 1. The van der Waals surface area contributed by atoms with Crippen molar-refractivity contribution in [2.45, 2.75) is 13.8 Å². The third-order valence-electron chi connectivity index (χ3n) is 1.59. The van der Waals surface area contributed by atoms with Gasteiger partial charge in [0.1, 0.15) is 0 Å². The summed E-state index contributed by atoms with van der Waals surface area (Å²) in [6, 6.07) is 0. The van der Waals surface area contributed by atoms with Crippen molar-refractivity contribution in [3.05, 3.63) is 11.4 Å². The molecule has 1 aromatic heterocycles. The molecule has 0 radical (unpaired) electrons. The Morgan fingerprint density at radius 3 is 2.58 bits per heavy atom. The van der Waals surface area contributed by atoms with Crippen molar-refractivity contribution in [3.8, 4) is 0 Å². The SMILES string of the molecule is CNC(=S)Nc1c(C)n[nH]c1C. The smallest absolute Gasteiger partial charge is 0.170 e. The number of nitrogens with zero attached hydrogens (tertiary/aromatic N) is 1. The van der Waals surface area contributed by atoms with E-state index in [-0.39, 0.29) is 0 Å². The second kappa shape index (κ2) is 3.53. The van der Waals surface area contributed by atoms with Crippen molar-refractivity contribution in [2.75, 3.05) is 12.4 Å². The number of hydrogen-bond donors (Lipinski definition) is 3. The fourth-order valence-electron chi connectivity index (χ4n) is 0.911. The molecule has 66 valence electrons. The lowest BCUT2D eigenvalue weighted by molar-refractivity contribution is 1.02. The standard InChI is InChI=1S/C7H12N4S/c1-4-6(5(2)11-10-4)9-7(12)8-3/h1-3H3,(H,10,11)(H2,8,9,12). The largest absolute Gasteiger partial charge is 0.366 e. The van der Waals surface area contributed by atoms with Crippen LogP contribution in [0, 0.1) is 13.8 Å². The first-order valence-electron chi connectivity index (χ1n) is 3.65. The van der Waals surface area contributed by atoms with Crippen LogP contribution in [0.5, 0.6) is 0 Å². The van der Waals surface area contributed by atoms with Crippen molar-refractivity contribution in [2.24, 2.45) is 0 Å². The highest BCUT2D eigenvalue weighted by Crippen LogP contribution is 2.15. The molecular formula is C7H12N4S. The molecule has 1 rings (SSSR count). The van der Waals surface area contributed by atoms with Gasteiger partial charge in [0.2, 0.25) is 0 Å². The number of rotatable bonds is 1. The molecule has 1 heterocycles. The first-order valence-corrected chi connectivity index (χ1v) is 4.06. The van der Waals surface area contributed by atoms with E-state index in [2.05, 4.69) is 20.8 Å². The van der Waals surface area contributed by atoms with E-state index >= 15 is 0 Å². The molecule has 0 bridgehead atoms. The maximum atomic E-state index is 4.96. The number of aromatic nitrogens is 2. The van der Waals surface area contributed by atoms with Crippen molar-refractivity contribution < 1.29 is 0 Å². The van der Waals surface area contributed by atoms with Gasteiger partial charge in [-0.1, -0.05) is 0 Å². The van der Waals surface area contributed by atoms with E-state index < -0.39 is 0 Å². The Hall–Kier alpha value is -1.10. The minimum Gasteiger partial charge on any atom is -0.366 e. The molecule has 3 N–H and O–H groups in total. The monoisotopic (exact) mass is 184 g/mol. The van der Waals surface area contributed by atoms with Crippen LogP contribution in [0.3, 0.4) is 0 Å². The molecule has 4 nitrogen and oxygen atoms in total. The fraction of sp³-hybridized carbons (Fsp3) is 0.429. The minimum absolute atomic E-state index is 0.600. The summed E-state index contributed by atoms with van der Waals surface area (Å²) in [5.74, 6) is 0. The molecule has 0 aliphatic carbocycles. The van der Waals surface area contributed by atoms with Crippen molar-refractivity contribution >= 4 is 23.0 Å². The van der Waals surface area contributed by atoms with Crippen LogP contribution in [0.25, 0.3) is 0 Å². The van der Waals surface area contributed by atoms with Crippen LogP contribution in [-0.2, 0) is 0 Å². The molecule has 0 aliphatic rings. The third-order valence-corrected chi connectivity index (χ3v) is 1.90. The average Bonchev–Trinajstić information content (AvgIpc) is 2.35. The lowest BCUT2D eigenvalue weighted by atomic mass is 10.3. The summed E-state index contributed by atoms with van der Waals surface area (Å²) in [6.07, 6.45) is 0. The van der Waals surface area contributed by atoms with E-state index in [1.165, 1.54) is 0 Å². The van der Waals surface area contributed by atoms with Gasteiger partial charge in [0, 0.05) is 7.05 Å². The van der Waals surface area contributed by atoms with E-state index in [1.54, 1.807) is 7.05 Å². The molecule has 5 heteroatoms. The molecule has 0 spiro atoms. The maximum absolute atomic E-state index is 4.96. The van der Waals surface area contributed by atoms with Gasteiger partial charge in [-0.3, -0.25) is 5.10 Å². The summed E-state index contributed by atoms with van der Waals surface area (Å²) in [5.41, 5.74) is 2.87. The van der Waals surface area contributed by atoms with Crippen LogP contribution < -0.4 is 10.6 Å². The summed E-state index contributed by atoms with van der Waals surface area (Å²) >= 11 is 4.96. The van der Waals surface area contributed by atoms with Gasteiger partial charge < -0.3 is 10.6 Å². The van der Waals surface area contributed by atoms with E-state index in [1.807, 2.05) is 13.8 Å². The second-order valence-electron chi connectivity index (χ2n) is 2.51. The van der Waals surface area contributed by atoms with Crippen molar-refractivity contribution in [1.82, 2.24) is 15.5 Å². The lowest BCUT2D eigenvalue weighted by Crippen LogP contribution is -2.24. The normalized spacial score (nSPS) is 9.58. The van der Waals surface area contributed by atoms with Gasteiger partial charge in [0.15, 0.2) is 5.11 Å². The number of aryl methyl sites for hydroxylation is 2. The van der Waals surface area contributed by atoms with E-state index in [0.29, 0.717) is 5.11 Å². The predicted octanol–water partition coefficient (Wildman–Crippen LogP) is 0.943. The Bertz CT molecular complexity index is 272. The molecule has 0 aliphatic heterocycles. The molecule has 0 aromatic carbocycles. The Morgan fingerprint density at radius 2 is 2.17 bits per heavy atom. The van der Waals surface area contributed by atoms with Crippen LogP contribution in [0.15, 0.2) is 0 Å². The summed E-state index contributed by atoms with van der Waals surface area (Å²) < 4.78 is 0. The summed E-state index contributed by atoms with van der Waals surface area (Å²) in [5, 5.41) is 13.4. The van der Waals surface area contributed by atoms with Crippen LogP contribution in [-0.4, -0.2) is 22.4 Å². The number of thiocarbonyl (C=S) groups is 1. The fourth-order valence-corrected chi connectivity index (χ4v) is 1.01. The Morgan fingerprint density at radius 1 is 1.50 bits per heavy atom. The predicted molar refractivity (Wildman–Crippen MR) is 53.3 cm³/mol. The second-order valence-corrected chi connectivity index (χ2v) is 2.92. The Kier molecular flexibility index (Phi) is 2.65. The molecule has 12 heavy (non-hydrogen) atoms. The lowest BCUT2D eigenvalue weighted by Gasteiger charge is -2.05. The van der Waals surface area contributed by atoms with Crippen molar-refractivity contribution in [3.63, 3.8) is 0 Å². The van der Waals surface area contributed by atoms with Gasteiger partial charge in [0.25, 0.3) is 0 Å². The van der Waals surface area contributed by atoms with Gasteiger partial charge in [0.05, 0.1) is 17.1 Å². The van der Waals surface area contributed by atoms with Gasteiger partial charge in [-0.25, -0.2) is 0 Å². The van der Waals surface area contributed by atoms with Gasteiger partial charge in [-0.05, 0) is 26.1 Å². The van der Waals surface area contributed by atoms with Crippen LogP contribution in [0.2, 0.25) is 0 Å².